The van der Waals surface area contributed by atoms with E-state index in [0.29, 0.717) is 6.61 Å². The van der Waals surface area contributed by atoms with Crippen LogP contribution in [0.5, 0.6) is 0 Å². The van der Waals surface area contributed by atoms with Gasteiger partial charge in [-0.2, -0.15) is 0 Å². The summed E-state index contributed by atoms with van der Waals surface area (Å²) in [5.41, 5.74) is 0. The predicted octanol–water partition coefficient (Wildman–Crippen LogP) is 0.909. The first kappa shape index (κ1) is 8.97. The first-order chi connectivity index (χ1) is 5.01. The second-order valence-electron chi connectivity index (χ2n) is 3.43. The minimum Gasteiger partial charge on any atom is -0.391 e. The van der Waals surface area contributed by atoms with Crippen molar-refractivity contribution in [3.8, 4) is 0 Å². The third kappa shape index (κ3) is 2.43. The van der Waals surface area contributed by atoms with Crippen molar-refractivity contribution in [2.75, 3.05) is 6.61 Å². The van der Waals surface area contributed by atoms with E-state index in [9.17, 15) is 5.11 Å². The molecule has 0 aromatic rings. The van der Waals surface area contributed by atoms with Crippen LogP contribution < -0.4 is 0 Å². The van der Waals surface area contributed by atoms with Crippen LogP contribution in [0.15, 0.2) is 0 Å². The van der Waals surface area contributed by atoms with Crippen molar-refractivity contribution in [2.45, 2.75) is 45.2 Å². The van der Waals surface area contributed by atoms with Crippen molar-refractivity contribution in [3.63, 3.8) is 0 Å². The molecule has 1 saturated heterocycles. The lowest BCUT2D eigenvalue weighted by atomic mass is 10.1. The fraction of sp³-hybridized carbons (Fsp3) is 1.00. The molecule has 0 aromatic heterocycles. The van der Waals surface area contributed by atoms with Crippen molar-refractivity contribution in [1.82, 2.24) is 0 Å². The van der Waals surface area contributed by atoms with Crippen molar-refractivity contribution in [1.29, 1.82) is 0 Å². The van der Waals surface area contributed by atoms with Gasteiger partial charge >= 0.3 is 0 Å². The van der Waals surface area contributed by atoms with Crippen molar-refractivity contribution in [3.05, 3.63) is 0 Å². The summed E-state index contributed by atoms with van der Waals surface area (Å²) in [5, 5.41) is 9.23. The molecule has 0 amide bonds. The second kappa shape index (κ2) is 3.09. The maximum Gasteiger partial charge on any atom is 0.163 e. The van der Waals surface area contributed by atoms with Crippen LogP contribution in [0, 0.1) is 0 Å². The summed E-state index contributed by atoms with van der Waals surface area (Å²) >= 11 is 0. The van der Waals surface area contributed by atoms with Crippen LogP contribution in [0.1, 0.15) is 27.2 Å². The van der Waals surface area contributed by atoms with Gasteiger partial charge in [0.15, 0.2) is 5.79 Å². The lowest BCUT2D eigenvalue weighted by Gasteiger charge is -2.37. The highest BCUT2D eigenvalue weighted by molar-refractivity contribution is 4.72. The van der Waals surface area contributed by atoms with Crippen LogP contribution in [0.3, 0.4) is 0 Å². The van der Waals surface area contributed by atoms with Gasteiger partial charge in [0.1, 0.15) is 0 Å². The minimum absolute atomic E-state index is 0.0706. The first-order valence-corrected chi connectivity index (χ1v) is 4.01. The molecule has 1 rings (SSSR count). The Hall–Kier alpha value is -0.120. The molecule has 3 nitrogen and oxygen atoms in total. The van der Waals surface area contributed by atoms with Crippen LogP contribution in [0.2, 0.25) is 0 Å². The summed E-state index contributed by atoms with van der Waals surface area (Å²) in [6.07, 6.45) is 0.304. The zero-order chi connectivity index (χ0) is 8.48. The summed E-state index contributed by atoms with van der Waals surface area (Å²) in [6, 6.07) is 0. The summed E-state index contributed by atoms with van der Waals surface area (Å²) in [6.45, 7) is 6.14. The van der Waals surface area contributed by atoms with E-state index in [1.165, 1.54) is 0 Å². The molecule has 0 saturated carbocycles. The van der Waals surface area contributed by atoms with Gasteiger partial charge in [-0.1, -0.05) is 0 Å². The van der Waals surface area contributed by atoms with Gasteiger partial charge in [0.25, 0.3) is 0 Å². The van der Waals surface area contributed by atoms with Crippen LogP contribution in [0.4, 0.5) is 0 Å². The summed E-state index contributed by atoms with van der Waals surface area (Å²) in [4.78, 5) is 0. The molecule has 0 aliphatic carbocycles. The normalized spacial score (nSPS) is 33.3. The number of aliphatic hydroxyl groups is 1. The maximum absolute atomic E-state index is 9.23. The monoisotopic (exact) mass is 160 g/mol. The highest BCUT2D eigenvalue weighted by atomic mass is 16.7. The fourth-order valence-corrected chi connectivity index (χ4v) is 1.22. The largest absolute Gasteiger partial charge is 0.391 e. The number of hydrogen-bond donors (Lipinski definition) is 1. The molecular formula is C8H16O3. The van der Waals surface area contributed by atoms with Crippen molar-refractivity contribution in [2.24, 2.45) is 0 Å². The highest BCUT2D eigenvalue weighted by Gasteiger charge is 2.31. The second-order valence-corrected chi connectivity index (χ2v) is 3.43. The van der Waals surface area contributed by atoms with E-state index in [4.69, 9.17) is 9.47 Å². The zero-order valence-corrected chi connectivity index (χ0v) is 7.33. The van der Waals surface area contributed by atoms with Gasteiger partial charge in [0.2, 0.25) is 0 Å². The standard InChI is InChI=1S/C8H16O3/c1-6(9)7-4-5-10-8(2,3)11-7/h6-7,9H,4-5H2,1-3H3/t6?,7-/m1/s1. The molecule has 66 valence electrons. The highest BCUT2D eigenvalue weighted by Crippen LogP contribution is 2.23. The third-order valence-electron chi connectivity index (χ3n) is 1.83. The Balaban J connectivity index is 2.46. The Bertz CT molecular complexity index is 131. The fourth-order valence-electron chi connectivity index (χ4n) is 1.22. The number of hydrogen-bond acceptors (Lipinski definition) is 3. The lowest BCUT2D eigenvalue weighted by Crippen LogP contribution is -2.44. The van der Waals surface area contributed by atoms with E-state index in [0.717, 1.165) is 6.42 Å². The van der Waals surface area contributed by atoms with Crippen LogP contribution >= 0.6 is 0 Å². The molecule has 11 heavy (non-hydrogen) atoms. The molecule has 1 aliphatic heterocycles. The number of aliphatic hydroxyl groups excluding tert-OH is 1. The predicted molar refractivity (Wildman–Crippen MR) is 41.2 cm³/mol. The van der Waals surface area contributed by atoms with E-state index in [1.54, 1.807) is 6.92 Å². The molecule has 3 heteroatoms. The SMILES string of the molecule is CC(O)[C@H]1CCOC(C)(C)O1. The quantitative estimate of drug-likeness (QED) is 0.619. The molecule has 0 spiro atoms. The maximum atomic E-state index is 9.23. The summed E-state index contributed by atoms with van der Waals surface area (Å²) in [5.74, 6) is -0.528. The van der Waals surface area contributed by atoms with Crippen molar-refractivity contribution < 1.29 is 14.6 Å². The molecule has 1 unspecified atom stereocenters. The first-order valence-electron chi connectivity index (χ1n) is 4.01. The minimum atomic E-state index is -0.528. The van der Waals surface area contributed by atoms with E-state index in [-0.39, 0.29) is 6.10 Å². The van der Waals surface area contributed by atoms with Crippen LogP contribution in [0.25, 0.3) is 0 Å². The van der Waals surface area contributed by atoms with Gasteiger partial charge in [0.05, 0.1) is 18.8 Å². The summed E-state index contributed by atoms with van der Waals surface area (Å²) < 4.78 is 10.8. The van der Waals surface area contributed by atoms with Gasteiger partial charge in [-0.3, -0.25) is 0 Å². The number of ether oxygens (including phenoxy) is 2. The Labute approximate surface area is 67.3 Å². The zero-order valence-electron chi connectivity index (χ0n) is 7.33. The van der Waals surface area contributed by atoms with E-state index in [2.05, 4.69) is 0 Å². The Morgan fingerprint density at radius 3 is 2.55 bits per heavy atom. The molecule has 2 atom stereocenters. The molecule has 0 aromatic carbocycles. The number of rotatable bonds is 1. The summed E-state index contributed by atoms with van der Waals surface area (Å²) in [7, 11) is 0. The Morgan fingerprint density at radius 1 is 1.55 bits per heavy atom. The van der Waals surface area contributed by atoms with E-state index < -0.39 is 11.9 Å². The smallest absolute Gasteiger partial charge is 0.163 e. The van der Waals surface area contributed by atoms with Gasteiger partial charge in [-0.15, -0.1) is 0 Å². The Kier molecular flexibility index (Phi) is 2.52. The van der Waals surface area contributed by atoms with E-state index >= 15 is 0 Å². The van der Waals surface area contributed by atoms with Crippen LogP contribution in [-0.4, -0.2) is 29.7 Å². The average Bonchev–Trinajstić information content (AvgIpc) is 1.85. The lowest BCUT2D eigenvalue weighted by molar-refractivity contribution is -0.286. The Morgan fingerprint density at radius 2 is 2.18 bits per heavy atom. The van der Waals surface area contributed by atoms with E-state index in [1.807, 2.05) is 13.8 Å². The molecule has 1 heterocycles. The molecule has 0 bridgehead atoms. The molecule has 1 N–H and O–H groups in total. The molecule has 0 radical (unpaired) electrons. The molecule has 1 aliphatic rings. The topological polar surface area (TPSA) is 38.7 Å². The van der Waals surface area contributed by atoms with Gasteiger partial charge < -0.3 is 14.6 Å². The van der Waals surface area contributed by atoms with Gasteiger partial charge in [0, 0.05) is 0 Å². The van der Waals surface area contributed by atoms with Crippen molar-refractivity contribution >= 4 is 0 Å². The van der Waals surface area contributed by atoms with Crippen LogP contribution in [-0.2, 0) is 9.47 Å². The van der Waals surface area contributed by atoms with Gasteiger partial charge in [-0.25, -0.2) is 0 Å². The molecule has 1 fully saturated rings. The average molecular weight is 160 g/mol. The van der Waals surface area contributed by atoms with Gasteiger partial charge in [-0.05, 0) is 27.2 Å². The third-order valence-corrected chi connectivity index (χ3v) is 1.83. The molecular weight excluding hydrogens is 144 g/mol.